The number of carbonyl (C=O) groups excluding carboxylic acids is 1. The number of halogens is 1. The predicted molar refractivity (Wildman–Crippen MR) is 95.3 cm³/mol. The van der Waals surface area contributed by atoms with Gasteiger partial charge in [-0.2, -0.15) is 0 Å². The summed E-state index contributed by atoms with van der Waals surface area (Å²) in [6, 6.07) is 11.1. The fourth-order valence-corrected chi connectivity index (χ4v) is 3.87. The highest BCUT2D eigenvalue weighted by Crippen LogP contribution is 2.32. The van der Waals surface area contributed by atoms with E-state index in [9.17, 15) is 4.79 Å². The van der Waals surface area contributed by atoms with Crippen LogP contribution in [0.25, 0.3) is 17.4 Å². The van der Waals surface area contributed by atoms with Gasteiger partial charge in [-0.15, -0.1) is 0 Å². The molecular weight excluding hydrogens is 338 g/mol. The van der Waals surface area contributed by atoms with E-state index >= 15 is 0 Å². The minimum Gasteiger partial charge on any atom is -0.457 e. The molecule has 1 aromatic heterocycles. The summed E-state index contributed by atoms with van der Waals surface area (Å²) < 4.78 is 6.55. The molecule has 0 saturated carbocycles. The molecule has 0 N–H and O–H groups in total. The second-order valence-corrected chi connectivity index (χ2v) is 7.35. The molecule has 0 spiro atoms. The summed E-state index contributed by atoms with van der Waals surface area (Å²) >= 11 is 8.72. The van der Waals surface area contributed by atoms with Crippen molar-refractivity contribution in [2.24, 2.45) is 4.99 Å². The Labute approximate surface area is 141 Å². The van der Waals surface area contributed by atoms with Crippen molar-refractivity contribution >= 4 is 50.7 Å². The molecule has 0 bridgehead atoms. The van der Waals surface area contributed by atoms with E-state index in [1.807, 2.05) is 43.3 Å². The van der Waals surface area contributed by atoms with Gasteiger partial charge in [0.15, 0.2) is 0 Å². The lowest BCUT2D eigenvalue weighted by Gasteiger charge is -1.97. The number of hydrogen-bond acceptors (Lipinski definition) is 5. The summed E-state index contributed by atoms with van der Waals surface area (Å²) in [6.07, 6.45) is 1.67. The Hall–Kier alpha value is -1.43. The summed E-state index contributed by atoms with van der Waals surface area (Å²) in [7, 11) is 0. The van der Waals surface area contributed by atoms with Gasteiger partial charge in [-0.25, -0.2) is 4.99 Å². The molecule has 0 radical (unpaired) electrons. The lowest BCUT2D eigenvalue weighted by atomic mass is 10.2. The second kappa shape index (κ2) is 6.77. The maximum absolute atomic E-state index is 11.9. The molecule has 0 fully saturated rings. The maximum Gasteiger partial charge on any atom is 0.244 e. The van der Waals surface area contributed by atoms with E-state index in [0.29, 0.717) is 22.2 Å². The van der Waals surface area contributed by atoms with Crippen molar-refractivity contribution in [3.05, 3.63) is 52.9 Å². The van der Waals surface area contributed by atoms with Crippen molar-refractivity contribution in [1.82, 2.24) is 0 Å². The van der Waals surface area contributed by atoms with Crippen LogP contribution >= 0.6 is 35.1 Å². The van der Waals surface area contributed by atoms with E-state index in [4.69, 9.17) is 16.0 Å². The van der Waals surface area contributed by atoms with Crippen LogP contribution in [0.4, 0.5) is 0 Å². The Bertz CT molecular complexity index is 780. The standard InChI is InChI=1S/C16H12ClNO2S2/c1-2-21-16-18-13(15(19)22-16)9-12-6-7-14(20-12)10-4-3-5-11(17)8-10/h3-9H,2H2,1H3/b13-9-. The molecule has 0 aliphatic carbocycles. The van der Waals surface area contributed by atoms with E-state index in [-0.39, 0.29) is 5.12 Å². The van der Waals surface area contributed by atoms with Crippen LogP contribution in [-0.2, 0) is 4.79 Å². The molecule has 2 aromatic rings. The van der Waals surface area contributed by atoms with Crippen LogP contribution < -0.4 is 0 Å². The normalized spacial score (nSPS) is 16.4. The number of aliphatic imine (C=N–C) groups is 1. The summed E-state index contributed by atoms with van der Waals surface area (Å²) in [5, 5.41) is 0.610. The van der Waals surface area contributed by atoms with Gasteiger partial charge in [0.1, 0.15) is 21.6 Å². The lowest BCUT2D eigenvalue weighted by Crippen LogP contribution is -1.87. The Morgan fingerprint density at radius 2 is 2.23 bits per heavy atom. The largest absolute Gasteiger partial charge is 0.457 e. The zero-order valence-electron chi connectivity index (χ0n) is 11.7. The molecule has 3 rings (SSSR count). The van der Waals surface area contributed by atoms with Crippen molar-refractivity contribution in [1.29, 1.82) is 0 Å². The highest BCUT2D eigenvalue weighted by atomic mass is 35.5. The first-order valence-electron chi connectivity index (χ1n) is 6.67. The monoisotopic (exact) mass is 349 g/mol. The zero-order valence-corrected chi connectivity index (χ0v) is 14.1. The van der Waals surface area contributed by atoms with Crippen LogP contribution in [0, 0.1) is 0 Å². The number of carbonyl (C=O) groups is 1. The minimum atomic E-state index is -0.0448. The Morgan fingerprint density at radius 3 is 3.00 bits per heavy atom. The Kier molecular flexibility index (Phi) is 4.76. The molecule has 22 heavy (non-hydrogen) atoms. The minimum absolute atomic E-state index is 0.0448. The molecule has 0 atom stereocenters. The van der Waals surface area contributed by atoms with Crippen molar-refractivity contribution < 1.29 is 9.21 Å². The molecular formula is C16H12ClNO2S2. The van der Waals surface area contributed by atoms with Crippen molar-refractivity contribution in [3.63, 3.8) is 0 Å². The molecule has 1 aliphatic heterocycles. The summed E-state index contributed by atoms with van der Waals surface area (Å²) in [5.41, 5.74) is 1.32. The van der Waals surface area contributed by atoms with E-state index in [0.717, 1.165) is 15.7 Å². The molecule has 0 amide bonds. The second-order valence-electron chi connectivity index (χ2n) is 4.44. The van der Waals surface area contributed by atoms with Crippen molar-refractivity contribution in [2.75, 3.05) is 5.75 Å². The molecule has 6 heteroatoms. The molecule has 1 aromatic carbocycles. The average molecular weight is 350 g/mol. The van der Waals surface area contributed by atoms with Crippen LogP contribution in [-0.4, -0.2) is 15.2 Å². The number of nitrogens with zero attached hydrogens (tertiary/aromatic N) is 1. The summed E-state index contributed by atoms with van der Waals surface area (Å²) in [5.74, 6) is 2.21. The molecule has 3 nitrogen and oxygen atoms in total. The first-order valence-corrected chi connectivity index (χ1v) is 8.85. The molecule has 2 heterocycles. The maximum atomic E-state index is 11.9. The third-order valence-electron chi connectivity index (χ3n) is 2.88. The predicted octanol–water partition coefficient (Wildman–Crippen LogP) is 5.32. The van der Waals surface area contributed by atoms with Gasteiger partial charge in [0, 0.05) is 16.7 Å². The van der Waals surface area contributed by atoms with Gasteiger partial charge < -0.3 is 4.42 Å². The molecule has 112 valence electrons. The highest BCUT2D eigenvalue weighted by Gasteiger charge is 2.22. The van der Waals surface area contributed by atoms with Crippen LogP contribution in [0.5, 0.6) is 0 Å². The van der Waals surface area contributed by atoms with Gasteiger partial charge in [-0.05, 0) is 41.8 Å². The van der Waals surface area contributed by atoms with Gasteiger partial charge in [0.05, 0.1) is 0 Å². The van der Waals surface area contributed by atoms with E-state index in [1.165, 1.54) is 11.8 Å². The number of hydrogen-bond donors (Lipinski definition) is 0. The molecule has 0 saturated heterocycles. The van der Waals surface area contributed by atoms with Gasteiger partial charge in [-0.3, -0.25) is 4.79 Å². The quantitative estimate of drug-likeness (QED) is 0.703. The van der Waals surface area contributed by atoms with Crippen LogP contribution in [0.2, 0.25) is 5.02 Å². The smallest absolute Gasteiger partial charge is 0.244 e. The number of furan rings is 1. The lowest BCUT2D eigenvalue weighted by molar-refractivity contribution is -0.107. The third kappa shape index (κ3) is 3.48. The van der Waals surface area contributed by atoms with E-state index in [2.05, 4.69) is 4.99 Å². The Morgan fingerprint density at radius 1 is 1.36 bits per heavy atom. The fraction of sp³-hybridized carbons (Fsp3) is 0.125. The third-order valence-corrected chi connectivity index (χ3v) is 5.01. The number of thioether (sulfide) groups is 2. The van der Waals surface area contributed by atoms with Crippen molar-refractivity contribution in [3.8, 4) is 11.3 Å². The molecule has 0 unspecified atom stereocenters. The van der Waals surface area contributed by atoms with Crippen LogP contribution in [0.15, 0.2) is 51.5 Å². The number of benzene rings is 1. The fourth-order valence-electron chi connectivity index (χ4n) is 1.94. The number of rotatable bonds is 3. The molecule has 1 aliphatic rings. The average Bonchev–Trinajstić information content (AvgIpc) is 3.08. The first-order chi connectivity index (χ1) is 10.7. The van der Waals surface area contributed by atoms with E-state index < -0.39 is 0 Å². The summed E-state index contributed by atoms with van der Waals surface area (Å²) in [4.78, 5) is 16.2. The topological polar surface area (TPSA) is 42.6 Å². The van der Waals surface area contributed by atoms with Crippen molar-refractivity contribution in [2.45, 2.75) is 6.92 Å². The van der Waals surface area contributed by atoms with Crippen LogP contribution in [0.1, 0.15) is 12.7 Å². The zero-order chi connectivity index (χ0) is 15.5. The van der Waals surface area contributed by atoms with Crippen LogP contribution in [0.3, 0.4) is 0 Å². The van der Waals surface area contributed by atoms with Gasteiger partial charge in [0.2, 0.25) is 5.12 Å². The Balaban J connectivity index is 1.85. The first kappa shape index (κ1) is 15.5. The summed E-state index contributed by atoms with van der Waals surface area (Å²) in [6.45, 7) is 2.03. The highest BCUT2D eigenvalue weighted by molar-refractivity contribution is 8.45. The van der Waals surface area contributed by atoms with Gasteiger partial charge >= 0.3 is 0 Å². The van der Waals surface area contributed by atoms with Gasteiger partial charge in [0.25, 0.3) is 0 Å². The van der Waals surface area contributed by atoms with E-state index in [1.54, 1.807) is 17.8 Å². The van der Waals surface area contributed by atoms with Gasteiger partial charge in [-0.1, -0.05) is 42.4 Å². The SMILES string of the molecule is CCSC1=N/C(=C\c2ccc(-c3cccc(Cl)c3)o2)C(=O)S1.